The molecule has 2 aromatic rings. The van der Waals surface area contributed by atoms with Crippen molar-refractivity contribution in [2.75, 3.05) is 24.3 Å². The molecule has 0 aliphatic carbocycles. The fraction of sp³-hybridized carbons (Fsp3) is 0.278. The summed E-state index contributed by atoms with van der Waals surface area (Å²) in [5.74, 6) is -0.451. The number of hydrogen-bond donors (Lipinski definition) is 1. The summed E-state index contributed by atoms with van der Waals surface area (Å²) in [7, 11) is 0. The molecule has 1 aliphatic rings. The molecular weight excluding hydrogens is 384 g/mol. The van der Waals surface area contributed by atoms with E-state index in [1.165, 1.54) is 17.8 Å². The molecule has 0 bridgehead atoms. The number of fused-ring (bicyclic) bond motifs is 1. The molecule has 8 heteroatoms. The third kappa shape index (κ3) is 4.59. The Balaban J connectivity index is 1.57. The average molecular weight is 400 g/mol. The number of anilines is 1. The molecule has 0 aromatic heterocycles. The predicted molar refractivity (Wildman–Crippen MR) is 98.2 cm³/mol. The van der Waals surface area contributed by atoms with Gasteiger partial charge in [0.25, 0.3) is 0 Å². The van der Waals surface area contributed by atoms with Crippen molar-refractivity contribution in [3.63, 3.8) is 0 Å². The van der Waals surface area contributed by atoms with Gasteiger partial charge in [0.15, 0.2) is 11.5 Å². The van der Waals surface area contributed by atoms with Crippen LogP contribution in [-0.2, 0) is 10.5 Å². The first kappa shape index (κ1) is 18.8. The minimum Gasteiger partial charge on any atom is -0.489 e. The summed E-state index contributed by atoms with van der Waals surface area (Å²) in [6.07, 6.45) is 0.780. The van der Waals surface area contributed by atoms with E-state index in [2.05, 4.69) is 5.32 Å². The molecule has 1 heterocycles. The number of hydrogen-bond acceptors (Lipinski definition) is 4. The highest BCUT2D eigenvalue weighted by Gasteiger charge is 2.16. The number of nitrogens with one attached hydrogen (secondary N) is 1. The summed E-state index contributed by atoms with van der Waals surface area (Å²) in [5, 5.41) is 2.71. The Bertz CT molecular complexity index is 799. The number of benzene rings is 2. The van der Waals surface area contributed by atoms with Gasteiger partial charge >= 0.3 is 0 Å². The summed E-state index contributed by atoms with van der Waals surface area (Å²) in [6, 6.07) is 7.00. The average Bonchev–Trinajstić information content (AvgIpc) is 2.84. The molecule has 1 N–H and O–H groups in total. The Morgan fingerprint density at radius 3 is 2.69 bits per heavy atom. The summed E-state index contributed by atoms with van der Waals surface area (Å²) in [6.45, 7) is 1.10. The van der Waals surface area contributed by atoms with Gasteiger partial charge in [-0.2, -0.15) is 0 Å². The number of carbonyl (C=O) groups excluding carboxylic acids is 1. The van der Waals surface area contributed by atoms with Crippen LogP contribution in [0.5, 0.6) is 11.5 Å². The van der Waals surface area contributed by atoms with Crippen molar-refractivity contribution in [2.24, 2.45) is 0 Å². The first-order chi connectivity index (χ1) is 12.5. The van der Waals surface area contributed by atoms with E-state index in [4.69, 9.17) is 21.1 Å². The Labute approximate surface area is 158 Å². The monoisotopic (exact) mass is 399 g/mol. The molecule has 0 saturated heterocycles. The van der Waals surface area contributed by atoms with Gasteiger partial charge in [-0.25, -0.2) is 8.78 Å². The van der Waals surface area contributed by atoms with Crippen molar-refractivity contribution in [3.8, 4) is 11.5 Å². The van der Waals surface area contributed by atoms with E-state index in [0.29, 0.717) is 35.5 Å². The normalized spacial score (nSPS) is 13.2. The minimum absolute atomic E-state index is 0.0415. The molecule has 0 saturated carbocycles. The quantitative estimate of drug-likeness (QED) is 0.795. The number of thioether (sulfide) groups is 1. The van der Waals surface area contributed by atoms with Crippen LogP contribution in [0.15, 0.2) is 30.3 Å². The van der Waals surface area contributed by atoms with Crippen molar-refractivity contribution in [1.29, 1.82) is 0 Å². The second kappa shape index (κ2) is 8.60. The molecule has 4 nitrogen and oxygen atoms in total. The van der Waals surface area contributed by atoms with E-state index in [-0.39, 0.29) is 5.75 Å². The number of amides is 1. The summed E-state index contributed by atoms with van der Waals surface area (Å²) in [5.41, 5.74) is 0.436. The molecule has 1 amide bonds. The molecule has 0 unspecified atom stereocenters. The SMILES string of the molecule is O=C(CSCc1cc(Cl)c2c(c1)OCCCO2)Nc1c(F)cccc1F. The van der Waals surface area contributed by atoms with Crippen LogP contribution >= 0.6 is 23.4 Å². The molecule has 0 radical (unpaired) electrons. The van der Waals surface area contributed by atoms with Crippen LogP contribution in [0.1, 0.15) is 12.0 Å². The largest absolute Gasteiger partial charge is 0.489 e. The fourth-order valence-corrected chi connectivity index (χ4v) is 3.47. The van der Waals surface area contributed by atoms with Crippen LogP contribution in [0.4, 0.5) is 14.5 Å². The van der Waals surface area contributed by atoms with Crippen LogP contribution in [0.25, 0.3) is 0 Å². The zero-order chi connectivity index (χ0) is 18.5. The van der Waals surface area contributed by atoms with E-state index in [1.54, 1.807) is 6.07 Å². The Hall–Kier alpha value is -1.99. The molecular formula is C18H16ClF2NO3S. The van der Waals surface area contributed by atoms with Crippen molar-refractivity contribution >= 4 is 35.0 Å². The van der Waals surface area contributed by atoms with Crippen LogP contribution in [-0.4, -0.2) is 24.9 Å². The van der Waals surface area contributed by atoms with Crippen molar-refractivity contribution in [2.45, 2.75) is 12.2 Å². The maximum absolute atomic E-state index is 13.5. The molecule has 1 aliphatic heterocycles. The van der Waals surface area contributed by atoms with Crippen LogP contribution < -0.4 is 14.8 Å². The Morgan fingerprint density at radius 2 is 1.92 bits per heavy atom. The smallest absolute Gasteiger partial charge is 0.234 e. The van der Waals surface area contributed by atoms with Gasteiger partial charge in [0.2, 0.25) is 5.91 Å². The van der Waals surface area contributed by atoms with Crippen molar-refractivity contribution in [3.05, 3.63) is 52.6 Å². The van der Waals surface area contributed by atoms with Crippen LogP contribution in [0, 0.1) is 11.6 Å². The second-order valence-electron chi connectivity index (χ2n) is 5.59. The summed E-state index contributed by atoms with van der Waals surface area (Å²) >= 11 is 7.52. The molecule has 0 fully saturated rings. The Morgan fingerprint density at radius 1 is 1.19 bits per heavy atom. The number of rotatable bonds is 5. The zero-order valence-electron chi connectivity index (χ0n) is 13.7. The molecule has 138 valence electrons. The Kier molecular flexibility index (Phi) is 6.21. The zero-order valence-corrected chi connectivity index (χ0v) is 15.3. The van der Waals surface area contributed by atoms with E-state index < -0.39 is 23.2 Å². The second-order valence-corrected chi connectivity index (χ2v) is 6.99. The lowest BCUT2D eigenvalue weighted by Crippen LogP contribution is -2.16. The van der Waals surface area contributed by atoms with Crippen molar-refractivity contribution < 1.29 is 23.0 Å². The molecule has 0 spiro atoms. The molecule has 26 heavy (non-hydrogen) atoms. The minimum atomic E-state index is -0.807. The lowest BCUT2D eigenvalue weighted by Gasteiger charge is -2.11. The van der Waals surface area contributed by atoms with Crippen molar-refractivity contribution in [1.82, 2.24) is 0 Å². The summed E-state index contributed by atoms with van der Waals surface area (Å²) in [4.78, 5) is 11.9. The van der Waals surface area contributed by atoms with E-state index >= 15 is 0 Å². The summed E-state index contributed by atoms with van der Waals surface area (Å²) < 4.78 is 38.3. The lowest BCUT2D eigenvalue weighted by atomic mass is 10.2. The molecule has 3 rings (SSSR count). The van der Waals surface area contributed by atoms with E-state index in [9.17, 15) is 13.6 Å². The number of halogens is 3. The highest BCUT2D eigenvalue weighted by Crippen LogP contribution is 2.38. The fourth-order valence-electron chi connectivity index (χ4n) is 2.42. The van der Waals surface area contributed by atoms with E-state index in [1.807, 2.05) is 6.07 Å². The third-order valence-corrected chi connectivity index (χ3v) is 4.88. The first-order valence-corrected chi connectivity index (χ1v) is 9.47. The number of carbonyl (C=O) groups is 1. The van der Waals surface area contributed by atoms with Gasteiger partial charge in [-0.15, -0.1) is 11.8 Å². The number of ether oxygens (including phenoxy) is 2. The highest BCUT2D eigenvalue weighted by atomic mass is 35.5. The highest BCUT2D eigenvalue weighted by molar-refractivity contribution is 7.99. The standard InChI is InChI=1S/C18H16ClF2NO3S/c19-12-7-11(8-15-18(12)25-6-2-5-24-15)9-26-10-16(23)22-17-13(20)3-1-4-14(17)21/h1,3-4,7-8H,2,5-6,9-10H2,(H,22,23). The van der Waals surface area contributed by atoms with Gasteiger partial charge in [-0.3, -0.25) is 4.79 Å². The van der Waals surface area contributed by atoms with Gasteiger partial charge < -0.3 is 14.8 Å². The van der Waals surface area contributed by atoms with Gasteiger partial charge in [0.1, 0.15) is 17.3 Å². The van der Waals surface area contributed by atoms with E-state index in [0.717, 1.165) is 24.1 Å². The van der Waals surface area contributed by atoms with Gasteiger partial charge in [0.05, 0.1) is 24.0 Å². The van der Waals surface area contributed by atoms with Crippen LogP contribution in [0.3, 0.4) is 0 Å². The maximum Gasteiger partial charge on any atom is 0.234 e. The third-order valence-electron chi connectivity index (χ3n) is 3.59. The lowest BCUT2D eigenvalue weighted by molar-refractivity contribution is -0.113. The topological polar surface area (TPSA) is 47.6 Å². The molecule has 0 atom stereocenters. The van der Waals surface area contributed by atoms with Gasteiger partial charge in [-0.05, 0) is 29.8 Å². The number of para-hydroxylation sites is 1. The van der Waals surface area contributed by atoms with Gasteiger partial charge in [-0.1, -0.05) is 17.7 Å². The maximum atomic E-state index is 13.5. The molecule has 2 aromatic carbocycles. The first-order valence-electron chi connectivity index (χ1n) is 7.94. The van der Waals surface area contributed by atoms with Crippen LogP contribution in [0.2, 0.25) is 5.02 Å². The predicted octanol–water partition coefficient (Wildman–Crippen LogP) is 4.65. The van der Waals surface area contributed by atoms with Gasteiger partial charge in [0, 0.05) is 12.2 Å².